The first-order valence-corrected chi connectivity index (χ1v) is 10.2. The van der Waals surface area contributed by atoms with Gasteiger partial charge < -0.3 is 15.0 Å². The van der Waals surface area contributed by atoms with Gasteiger partial charge in [0.05, 0.1) is 7.11 Å². The van der Waals surface area contributed by atoms with Crippen molar-refractivity contribution in [2.75, 3.05) is 25.5 Å². The summed E-state index contributed by atoms with van der Waals surface area (Å²) in [5.74, 6) is 0.680. The summed E-state index contributed by atoms with van der Waals surface area (Å²) in [4.78, 5) is 27.2. The Bertz CT molecular complexity index is 849. The van der Waals surface area contributed by atoms with Gasteiger partial charge in [-0.25, -0.2) is 0 Å². The van der Waals surface area contributed by atoms with E-state index in [0.717, 1.165) is 27.0 Å². The van der Waals surface area contributed by atoms with Gasteiger partial charge in [0.2, 0.25) is 5.91 Å². The molecule has 0 spiro atoms. The standard InChI is InChI=1S/C22H25BrN2O3/c1-14-12-18(23)13-15(2)20(14)24-21(26)16-8-10-25(11-9-16)22(27)17-4-6-19(28-3)7-5-17/h4-7,12-13,16H,8-11H2,1-3H3,(H,24,26). The molecule has 28 heavy (non-hydrogen) atoms. The summed E-state index contributed by atoms with van der Waals surface area (Å²) in [6, 6.07) is 11.1. The predicted molar refractivity (Wildman–Crippen MR) is 114 cm³/mol. The quantitative estimate of drug-likeness (QED) is 0.751. The third kappa shape index (κ3) is 4.55. The van der Waals surface area contributed by atoms with E-state index in [2.05, 4.69) is 21.2 Å². The molecule has 0 aliphatic carbocycles. The molecule has 1 aliphatic rings. The highest BCUT2D eigenvalue weighted by Crippen LogP contribution is 2.27. The zero-order valence-electron chi connectivity index (χ0n) is 16.4. The van der Waals surface area contributed by atoms with Crippen LogP contribution in [0.5, 0.6) is 5.75 Å². The van der Waals surface area contributed by atoms with Gasteiger partial charge in [0.15, 0.2) is 0 Å². The van der Waals surface area contributed by atoms with Crippen molar-refractivity contribution in [2.24, 2.45) is 5.92 Å². The maximum Gasteiger partial charge on any atom is 0.253 e. The number of nitrogens with one attached hydrogen (secondary N) is 1. The van der Waals surface area contributed by atoms with Crippen molar-refractivity contribution in [1.82, 2.24) is 4.90 Å². The van der Waals surface area contributed by atoms with Gasteiger partial charge in [0.1, 0.15) is 5.75 Å². The minimum Gasteiger partial charge on any atom is -0.497 e. The molecule has 0 unspecified atom stereocenters. The highest BCUT2D eigenvalue weighted by atomic mass is 79.9. The van der Waals surface area contributed by atoms with Crippen LogP contribution in [0.15, 0.2) is 40.9 Å². The Balaban J connectivity index is 1.58. The van der Waals surface area contributed by atoms with E-state index in [-0.39, 0.29) is 17.7 Å². The smallest absolute Gasteiger partial charge is 0.253 e. The summed E-state index contributed by atoms with van der Waals surface area (Å²) in [5, 5.41) is 3.09. The molecule has 1 heterocycles. The van der Waals surface area contributed by atoms with E-state index in [1.807, 2.05) is 30.9 Å². The fraction of sp³-hybridized carbons (Fsp3) is 0.364. The van der Waals surface area contributed by atoms with Crippen molar-refractivity contribution < 1.29 is 14.3 Å². The maximum absolute atomic E-state index is 12.7. The van der Waals surface area contributed by atoms with Crippen molar-refractivity contribution in [2.45, 2.75) is 26.7 Å². The molecule has 2 aromatic carbocycles. The lowest BCUT2D eigenvalue weighted by Crippen LogP contribution is -2.41. The Labute approximate surface area is 174 Å². The molecule has 1 fully saturated rings. The van der Waals surface area contributed by atoms with Crippen molar-refractivity contribution in [3.8, 4) is 5.75 Å². The predicted octanol–water partition coefficient (Wildman–Crippen LogP) is 4.57. The lowest BCUT2D eigenvalue weighted by atomic mass is 9.95. The van der Waals surface area contributed by atoms with Crippen LogP contribution in [-0.4, -0.2) is 36.9 Å². The Hall–Kier alpha value is -2.34. The van der Waals surface area contributed by atoms with Crippen LogP contribution in [0, 0.1) is 19.8 Å². The van der Waals surface area contributed by atoms with Gasteiger partial charge in [0, 0.05) is 34.7 Å². The van der Waals surface area contributed by atoms with Crippen LogP contribution in [0.3, 0.4) is 0 Å². The minimum atomic E-state index is -0.0811. The average molecular weight is 445 g/mol. The van der Waals surface area contributed by atoms with Gasteiger partial charge >= 0.3 is 0 Å². The van der Waals surface area contributed by atoms with E-state index in [4.69, 9.17) is 4.74 Å². The molecular formula is C22H25BrN2O3. The van der Waals surface area contributed by atoms with Crippen molar-refractivity contribution >= 4 is 33.4 Å². The number of halogens is 1. The van der Waals surface area contributed by atoms with Gasteiger partial charge in [-0.15, -0.1) is 0 Å². The molecule has 0 bridgehead atoms. The van der Waals surface area contributed by atoms with Gasteiger partial charge in [-0.2, -0.15) is 0 Å². The number of carbonyl (C=O) groups is 2. The average Bonchev–Trinajstić information content (AvgIpc) is 2.70. The van der Waals surface area contributed by atoms with Gasteiger partial charge in [-0.3, -0.25) is 9.59 Å². The third-order valence-electron chi connectivity index (χ3n) is 5.24. The monoisotopic (exact) mass is 444 g/mol. The maximum atomic E-state index is 12.7. The van der Waals surface area contributed by atoms with E-state index in [9.17, 15) is 9.59 Å². The molecule has 0 aromatic heterocycles. The van der Waals surface area contributed by atoms with E-state index in [1.54, 1.807) is 31.4 Å². The number of carbonyl (C=O) groups excluding carboxylic acids is 2. The molecule has 0 radical (unpaired) electrons. The van der Waals surface area contributed by atoms with Crippen molar-refractivity contribution in [1.29, 1.82) is 0 Å². The van der Waals surface area contributed by atoms with E-state index in [0.29, 0.717) is 31.5 Å². The van der Waals surface area contributed by atoms with Crippen molar-refractivity contribution in [3.05, 3.63) is 57.6 Å². The number of hydrogen-bond acceptors (Lipinski definition) is 3. The van der Waals surface area contributed by atoms with Crippen LogP contribution in [0.25, 0.3) is 0 Å². The normalized spacial score (nSPS) is 14.6. The summed E-state index contributed by atoms with van der Waals surface area (Å²) >= 11 is 3.48. The lowest BCUT2D eigenvalue weighted by molar-refractivity contribution is -0.121. The molecule has 1 aliphatic heterocycles. The number of benzene rings is 2. The highest BCUT2D eigenvalue weighted by molar-refractivity contribution is 9.10. The zero-order chi connectivity index (χ0) is 20.3. The molecule has 0 atom stereocenters. The van der Waals surface area contributed by atoms with Crippen molar-refractivity contribution in [3.63, 3.8) is 0 Å². The van der Waals surface area contributed by atoms with Gasteiger partial charge in [-0.1, -0.05) is 15.9 Å². The van der Waals surface area contributed by atoms with Gasteiger partial charge in [0.25, 0.3) is 5.91 Å². The second-order valence-electron chi connectivity index (χ2n) is 7.20. The molecule has 5 nitrogen and oxygen atoms in total. The summed E-state index contributed by atoms with van der Waals surface area (Å²) in [6.45, 7) is 5.15. The van der Waals surface area contributed by atoms with Gasteiger partial charge in [-0.05, 0) is 74.2 Å². The SMILES string of the molecule is COc1ccc(C(=O)N2CCC(C(=O)Nc3c(C)cc(Br)cc3C)CC2)cc1. The molecular weight excluding hydrogens is 420 g/mol. The minimum absolute atomic E-state index is 0.00103. The fourth-order valence-electron chi connectivity index (χ4n) is 3.59. The number of piperidine rings is 1. The van der Waals surface area contributed by atoms with Crippen LogP contribution >= 0.6 is 15.9 Å². The summed E-state index contributed by atoms with van der Waals surface area (Å²) in [6.07, 6.45) is 1.34. The van der Waals surface area contributed by atoms with Crippen LogP contribution < -0.4 is 10.1 Å². The number of rotatable bonds is 4. The molecule has 6 heteroatoms. The first kappa shape index (κ1) is 20.4. The zero-order valence-corrected chi connectivity index (χ0v) is 18.0. The third-order valence-corrected chi connectivity index (χ3v) is 5.69. The number of methoxy groups -OCH3 is 1. The first-order chi connectivity index (χ1) is 13.4. The Morgan fingerprint density at radius 2 is 1.64 bits per heavy atom. The number of nitrogens with zero attached hydrogens (tertiary/aromatic N) is 1. The van der Waals surface area contributed by atoms with E-state index >= 15 is 0 Å². The van der Waals surface area contributed by atoms with Crippen LogP contribution in [-0.2, 0) is 4.79 Å². The highest BCUT2D eigenvalue weighted by Gasteiger charge is 2.28. The summed E-state index contributed by atoms with van der Waals surface area (Å²) < 4.78 is 6.14. The van der Waals surface area contributed by atoms with E-state index < -0.39 is 0 Å². The Kier molecular flexibility index (Phi) is 6.39. The van der Waals surface area contributed by atoms with E-state index in [1.165, 1.54) is 0 Å². The summed E-state index contributed by atoms with van der Waals surface area (Å²) in [7, 11) is 1.60. The molecule has 0 saturated carbocycles. The molecule has 3 rings (SSSR count). The molecule has 148 valence electrons. The molecule has 1 N–H and O–H groups in total. The number of anilines is 1. The number of aryl methyl sites for hydroxylation is 2. The Morgan fingerprint density at radius 3 is 2.18 bits per heavy atom. The number of ether oxygens (including phenoxy) is 1. The first-order valence-electron chi connectivity index (χ1n) is 9.40. The molecule has 2 amide bonds. The summed E-state index contributed by atoms with van der Waals surface area (Å²) in [5.41, 5.74) is 3.59. The van der Waals surface area contributed by atoms with Crippen LogP contribution in [0.4, 0.5) is 5.69 Å². The molecule has 2 aromatic rings. The topological polar surface area (TPSA) is 58.6 Å². The number of hydrogen-bond donors (Lipinski definition) is 1. The lowest BCUT2D eigenvalue weighted by Gasteiger charge is -2.31. The number of amides is 2. The largest absolute Gasteiger partial charge is 0.497 e. The number of likely N-dealkylation sites (tertiary alicyclic amines) is 1. The second kappa shape index (κ2) is 8.78. The Morgan fingerprint density at radius 1 is 1.07 bits per heavy atom. The van der Waals surface area contributed by atoms with Crippen LogP contribution in [0.1, 0.15) is 34.3 Å². The van der Waals surface area contributed by atoms with Crippen LogP contribution in [0.2, 0.25) is 0 Å². The fourth-order valence-corrected chi connectivity index (χ4v) is 4.28. The molecule has 1 saturated heterocycles. The second-order valence-corrected chi connectivity index (χ2v) is 8.11.